The van der Waals surface area contributed by atoms with Crippen molar-refractivity contribution in [3.05, 3.63) is 38.9 Å². The van der Waals surface area contributed by atoms with E-state index in [0.717, 1.165) is 32.8 Å². The number of ether oxygens (including phenoxy) is 1. The molecule has 1 heterocycles. The molecule has 7 heteroatoms. The first kappa shape index (κ1) is 16.2. The van der Waals surface area contributed by atoms with Gasteiger partial charge in [-0.25, -0.2) is 0 Å². The van der Waals surface area contributed by atoms with Crippen LogP contribution in [0.4, 0.5) is 5.69 Å². The number of benzene rings is 1. The molecule has 1 aliphatic rings. The zero-order valence-electron chi connectivity index (χ0n) is 12.0. The van der Waals surface area contributed by atoms with E-state index in [1.807, 2.05) is 0 Å². The quantitative estimate of drug-likeness (QED) is 0.643. The molecule has 6 nitrogen and oxygen atoms in total. The van der Waals surface area contributed by atoms with Gasteiger partial charge in [-0.15, -0.1) is 0 Å². The highest BCUT2D eigenvalue weighted by atomic mass is 35.5. The van der Waals surface area contributed by atoms with Gasteiger partial charge in [-0.05, 0) is 19.1 Å². The Morgan fingerprint density at radius 2 is 2.19 bits per heavy atom. The molecule has 1 aliphatic heterocycles. The molecule has 1 saturated heterocycles. The van der Waals surface area contributed by atoms with Gasteiger partial charge < -0.3 is 10.1 Å². The van der Waals surface area contributed by atoms with Crippen LogP contribution in [0.3, 0.4) is 0 Å². The van der Waals surface area contributed by atoms with E-state index in [2.05, 4.69) is 17.1 Å². The van der Waals surface area contributed by atoms with E-state index in [9.17, 15) is 10.1 Å². The summed E-state index contributed by atoms with van der Waals surface area (Å²) in [6.45, 7) is 6.87. The molecular formula is C14H20ClN3O3. The van der Waals surface area contributed by atoms with Crippen molar-refractivity contribution in [1.29, 1.82) is 0 Å². The number of hydrogen-bond donors (Lipinski definition) is 1. The second-order valence-electron chi connectivity index (χ2n) is 5.23. The Balaban J connectivity index is 1.88. The van der Waals surface area contributed by atoms with Crippen LogP contribution in [0.15, 0.2) is 18.2 Å². The van der Waals surface area contributed by atoms with Crippen LogP contribution in [0, 0.1) is 10.1 Å². The molecule has 0 amide bonds. The third kappa shape index (κ3) is 4.93. The molecular weight excluding hydrogens is 294 g/mol. The highest BCUT2D eigenvalue weighted by Gasteiger charge is 2.16. The summed E-state index contributed by atoms with van der Waals surface area (Å²) in [7, 11) is 0. The third-order valence-electron chi connectivity index (χ3n) is 3.52. The van der Waals surface area contributed by atoms with E-state index in [-0.39, 0.29) is 11.7 Å². The molecule has 21 heavy (non-hydrogen) atoms. The monoisotopic (exact) mass is 313 g/mol. The summed E-state index contributed by atoms with van der Waals surface area (Å²) >= 11 is 5.81. The van der Waals surface area contributed by atoms with Crippen LogP contribution in [-0.2, 0) is 11.3 Å². The van der Waals surface area contributed by atoms with E-state index in [1.54, 1.807) is 12.1 Å². The van der Waals surface area contributed by atoms with Crippen molar-refractivity contribution in [1.82, 2.24) is 10.2 Å². The number of rotatable bonds is 6. The average Bonchev–Trinajstić information content (AvgIpc) is 2.47. The topological polar surface area (TPSA) is 67.6 Å². The van der Waals surface area contributed by atoms with Crippen molar-refractivity contribution in [2.45, 2.75) is 19.5 Å². The van der Waals surface area contributed by atoms with Crippen molar-refractivity contribution < 1.29 is 9.66 Å². The summed E-state index contributed by atoms with van der Waals surface area (Å²) in [5.74, 6) is 0. The summed E-state index contributed by atoms with van der Waals surface area (Å²) in [4.78, 5) is 13.0. The molecule has 1 aromatic carbocycles. The summed E-state index contributed by atoms with van der Waals surface area (Å²) in [6.07, 6.45) is 0. The Morgan fingerprint density at radius 3 is 2.86 bits per heavy atom. The number of nitrogens with zero attached hydrogens (tertiary/aromatic N) is 2. The predicted octanol–water partition coefficient (Wildman–Crippen LogP) is 2.06. The lowest BCUT2D eigenvalue weighted by atomic mass is 10.1. The number of hydrogen-bond acceptors (Lipinski definition) is 5. The first-order valence-electron chi connectivity index (χ1n) is 7.02. The summed E-state index contributed by atoms with van der Waals surface area (Å²) in [5.41, 5.74) is 0.715. The minimum absolute atomic E-state index is 0.0635. The van der Waals surface area contributed by atoms with Crippen LogP contribution in [0.2, 0.25) is 5.02 Å². The van der Waals surface area contributed by atoms with Gasteiger partial charge in [-0.1, -0.05) is 11.6 Å². The van der Waals surface area contributed by atoms with Gasteiger partial charge in [0.1, 0.15) is 0 Å². The Labute approximate surface area is 129 Å². The highest BCUT2D eigenvalue weighted by Crippen LogP contribution is 2.23. The normalized spacial score (nSPS) is 17.6. The molecule has 1 N–H and O–H groups in total. The maximum Gasteiger partial charge on any atom is 0.275 e. The number of nitro groups is 1. The summed E-state index contributed by atoms with van der Waals surface area (Å²) < 4.78 is 5.31. The van der Waals surface area contributed by atoms with E-state index < -0.39 is 4.92 Å². The lowest BCUT2D eigenvalue weighted by Crippen LogP contribution is -2.44. The van der Waals surface area contributed by atoms with Crippen LogP contribution in [0.5, 0.6) is 0 Å². The molecule has 0 aromatic heterocycles. The molecule has 1 aromatic rings. The van der Waals surface area contributed by atoms with Crippen LogP contribution >= 0.6 is 11.6 Å². The van der Waals surface area contributed by atoms with Crippen molar-refractivity contribution in [3.8, 4) is 0 Å². The molecule has 0 saturated carbocycles. The maximum absolute atomic E-state index is 11.0. The Hall–Kier alpha value is -1.21. The molecule has 1 atom stereocenters. The Bertz CT molecular complexity index is 492. The fourth-order valence-corrected chi connectivity index (χ4v) is 2.54. The molecule has 0 aliphatic carbocycles. The van der Waals surface area contributed by atoms with Gasteiger partial charge in [-0.2, -0.15) is 0 Å². The van der Waals surface area contributed by atoms with Gasteiger partial charge >= 0.3 is 0 Å². The lowest BCUT2D eigenvalue weighted by Gasteiger charge is -2.29. The smallest absolute Gasteiger partial charge is 0.275 e. The molecule has 1 unspecified atom stereocenters. The van der Waals surface area contributed by atoms with Crippen molar-refractivity contribution >= 4 is 17.3 Å². The van der Waals surface area contributed by atoms with Gasteiger partial charge in [0.05, 0.1) is 18.1 Å². The van der Waals surface area contributed by atoms with Gasteiger partial charge in [0.25, 0.3) is 5.69 Å². The first-order valence-corrected chi connectivity index (χ1v) is 7.40. The third-order valence-corrected chi connectivity index (χ3v) is 3.76. The largest absolute Gasteiger partial charge is 0.379 e. The number of nitro benzene ring substituents is 1. The maximum atomic E-state index is 11.0. The van der Waals surface area contributed by atoms with E-state index >= 15 is 0 Å². The van der Waals surface area contributed by atoms with Gasteiger partial charge in [0.2, 0.25) is 0 Å². The van der Waals surface area contributed by atoms with E-state index in [4.69, 9.17) is 16.3 Å². The fourth-order valence-electron chi connectivity index (χ4n) is 2.38. The SMILES string of the molecule is CC(CN1CCOCC1)NCc1ccc(Cl)cc1[N+](=O)[O-]. The van der Waals surface area contributed by atoms with Crippen LogP contribution < -0.4 is 5.32 Å². The lowest BCUT2D eigenvalue weighted by molar-refractivity contribution is -0.385. The molecule has 0 radical (unpaired) electrons. The molecule has 2 rings (SSSR count). The first-order chi connectivity index (χ1) is 10.1. The summed E-state index contributed by atoms with van der Waals surface area (Å²) in [6, 6.07) is 5.02. The predicted molar refractivity (Wildman–Crippen MR) is 81.7 cm³/mol. The second-order valence-corrected chi connectivity index (χ2v) is 5.66. The number of morpholine rings is 1. The zero-order valence-corrected chi connectivity index (χ0v) is 12.8. The van der Waals surface area contributed by atoms with Crippen molar-refractivity contribution in [2.75, 3.05) is 32.8 Å². The second kappa shape index (κ2) is 7.70. The van der Waals surface area contributed by atoms with Crippen molar-refractivity contribution in [2.24, 2.45) is 0 Å². The molecule has 0 bridgehead atoms. The van der Waals surface area contributed by atoms with E-state index in [1.165, 1.54) is 6.07 Å². The average molecular weight is 314 g/mol. The van der Waals surface area contributed by atoms with Gasteiger partial charge in [0.15, 0.2) is 0 Å². The summed E-state index contributed by atoms with van der Waals surface area (Å²) in [5, 5.41) is 14.7. The fraction of sp³-hybridized carbons (Fsp3) is 0.571. The Kier molecular flexibility index (Phi) is 5.93. The number of halogens is 1. The van der Waals surface area contributed by atoms with E-state index in [0.29, 0.717) is 17.1 Å². The standard InChI is InChI=1S/C14H20ClN3O3/c1-11(10-17-4-6-21-7-5-17)16-9-12-2-3-13(15)8-14(12)18(19)20/h2-3,8,11,16H,4-7,9-10H2,1H3. The minimum atomic E-state index is -0.393. The highest BCUT2D eigenvalue weighted by molar-refractivity contribution is 6.30. The molecule has 0 spiro atoms. The van der Waals surface area contributed by atoms with Crippen molar-refractivity contribution in [3.63, 3.8) is 0 Å². The number of nitrogens with one attached hydrogen (secondary N) is 1. The minimum Gasteiger partial charge on any atom is -0.379 e. The van der Waals surface area contributed by atoms with Crippen LogP contribution in [0.1, 0.15) is 12.5 Å². The Morgan fingerprint density at radius 1 is 1.48 bits per heavy atom. The zero-order chi connectivity index (χ0) is 15.2. The molecule has 1 fully saturated rings. The van der Waals surface area contributed by atoms with Crippen LogP contribution in [0.25, 0.3) is 0 Å². The molecule has 116 valence electrons. The van der Waals surface area contributed by atoms with Gasteiger partial charge in [0, 0.05) is 48.9 Å². The van der Waals surface area contributed by atoms with Gasteiger partial charge in [-0.3, -0.25) is 15.0 Å². The van der Waals surface area contributed by atoms with Crippen LogP contribution in [-0.4, -0.2) is 48.7 Å².